The summed E-state index contributed by atoms with van der Waals surface area (Å²) in [6.45, 7) is 9.79. The van der Waals surface area contributed by atoms with Crippen molar-refractivity contribution < 1.29 is 5.11 Å². The maximum atomic E-state index is 9.09. The van der Waals surface area contributed by atoms with Gasteiger partial charge in [-0.15, -0.1) is 0 Å². The van der Waals surface area contributed by atoms with Crippen molar-refractivity contribution in [2.24, 2.45) is 0 Å². The lowest BCUT2D eigenvalue weighted by atomic mass is 9.87. The molecular weight excluding hydrogens is 210 g/mol. The first-order chi connectivity index (χ1) is 7.84. The van der Waals surface area contributed by atoms with Crippen LogP contribution in [0.25, 0.3) is 0 Å². The first-order valence-corrected chi connectivity index (χ1v) is 6.25. The Hall–Kier alpha value is -0.860. The number of nitrogens with zero attached hydrogens (tertiary/aromatic N) is 1. The average Bonchev–Trinajstić information content (AvgIpc) is 2.27. The summed E-state index contributed by atoms with van der Waals surface area (Å²) in [5, 5.41) is 9.09. The molecule has 2 heteroatoms. The molecule has 0 aliphatic carbocycles. The topological polar surface area (TPSA) is 23.5 Å². The molecule has 0 bridgehead atoms. The highest BCUT2D eigenvalue weighted by atomic mass is 16.3. The van der Waals surface area contributed by atoms with Crippen LogP contribution in [0.2, 0.25) is 0 Å². The largest absolute Gasteiger partial charge is 0.395 e. The number of likely N-dealkylation sites (N-methyl/N-ethyl adjacent to an activating group) is 1. The predicted octanol–water partition coefficient (Wildman–Crippen LogP) is 2.80. The predicted molar refractivity (Wildman–Crippen MR) is 73.2 cm³/mol. The van der Waals surface area contributed by atoms with E-state index in [-0.39, 0.29) is 18.1 Å². The number of rotatable bonds is 4. The van der Waals surface area contributed by atoms with Gasteiger partial charge in [0.25, 0.3) is 0 Å². The normalized spacial score (nSPS) is 14.1. The van der Waals surface area contributed by atoms with Crippen molar-refractivity contribution in [1.29, 1.82) is 0 Å². The van der Waals surface area contributed by atoms with Crippen molar-refractivity contribution in [3.8, 4) is 0 Å². The molecule has 0 aliphatic heterocycles. The van der Waals surface area contributed by atoms with E-state index in [4.69, 9.17) is 5.11 Å². The molecule has 0 saturated carbocycles. The second-order valence-corrected chi connectivity index (χ2v) is 5.89. The molecule has 0 saturated heterocycles. The Morgan fingerprint density at radius 2 is 1.71 bits per heavy atom. The number of hydrogen-bond acceptors (Lipinski definition) is 2. The highest BCUT2D eigenvalue weighted by Crippen LogP contribution is 2.22. The fourth-order valence-electron chi connectivity index (χ4n) is 1.69. The molecule has 17 heavy (non-hydrogen) atoms. The molecule has 1 aromatic rings. The van der Waals surface area contributed by atoms with Crippen molar-refractivity contribution in [3.63, 3.8) is 0 Å². The van der Waals surface area contributed by atoms with Gasteiger partial charge in [-0.2, -0.15) is 0 Å². The molecule has 1 aromatic carbocycles. The molecule has 0 fully saturated rings. The van der Waals surface area contributed by atoms with Gasteiger partial charge in [-0.05, 0) is 30.5 Å². The van der Waals surface area contributed by atoms with Crippen molar-refractivity contribution >= 4 is 0 Å². The first-order valence-electron chi connectivity index (χ1n) is 6.25. The van der Waals surface area contributed by atoms with Gasteiger partial charge >= 0.3 is 0 Å². The van der Waals surface area contributed by atoms with Crippen LogP contribution in [-0.4, -0.2) is 29.7 Å². The minimum absolute atomic E-state index is 0.205. The van der Waals surface area contributed by atoms with Crippen LogP contribution in [0.15, 0.2) is 24.3 Å². The molecule has 0 aliphatic rings. The Morgan fingerprint density at radius 1 is 1.18 bits per heavy atom. The molecule has 0 heterocycles. The van der Waals surface area contributed by atoms with E-state index in [0.717, 1.165) is 6.54 Å². The van der Waals surface area contributed by atoms with Crippen molar-refractivity contribution in [2.45, 2.75) is 45.7 Å². The van der Waals surface area contributed by atoms with E-state index in [1.54, 1.807) is 0 Å². The van der Waals surface area contributed by atoms with Gasteiger partial charge in [0.2, 0.25) is 0 Å². The van der Waals surface area contributed by atoms with Crippen molar-refractivity contribution in [3.05, 3.63) is 35.4 Å². The lowest BCUT2D eigenvalue weighted by Crippen LogP contribution is -2.31. The Labute approximate surface area is 105 Å². The van der Waals surface area contributed by atoms with Crippen LogP contribution in [-0.2, 0) is 12.0 Å². The van der Waals surface area contributed by atoms with E-state index in [1.807, 2.05) is 14.0 Å². The molecule has 0 aromatic heterocycles. The van der Waals surface area contributed by atoms with Gasteiger partial charge in [-0.1, -0.05) is 45.0 Å². The fourth-order valence-corrected chi connectivity index (χ4v) is 1.69. The number of aliphatic hydroxyl groups is 1. The molecule has 2 nitrogen and oxygen atoms in total. The second-order valence-electron chi connectivity index (χ2n) is 5.89. The van der Waals surface area contributed by atoms with Gasteiger partial charge in [-0.25, -0.2) is 0 Å². The standard InChI is InChI=1S/C15H25NO/c1-12(11-17)16(5)10-13-6-8-14(9-7-13)15(2,3)4/h6-9,12,17H,10-11H2,1-5H3. The highest BCUT2D eigenvalue weighted by Gasteiger charge is 2.13. The van der Waals surface area contributed by atoms with Crippen LogP contribution in [0.5, 0.6) is 0 Å². The monoisotopic (exact) mass is 235 g/mol. The van der Waals surface area contributed by atoms with Gasteiger partial charge in [-0.3, -0.25) is 4.90 Å². The van der Waals surface area contributed by atoms with Crippen LogP contribution < -0.4 is 0 Å². The third-order valence-corrected chi connectivity index (χ3v) is 3.27. The lowest BCUT2D eigenvalue weighted by Gasteiger charge is -2.24. The summed E-state index contributed by atoms with van der Waals surface area (Å²) in [5.74, 6) is 0. The van der Waals surface area contributed by atoms with E-state index in [0.29, 0.717) is 0 Å². The number of hydrogen-bond donors (Lipinski definition) is 1. The maximum Gasteiger partial charge on any atom is 0.0584 e. The van der Waals surface area contributed by atoms with Crippen LogP contribution in [0.3, 0.4) is 0 Å². The Kier molecular flexibility index (Phi) is 4.72. The maximum absolute atomic E-state index is 9.09. The van der Waals surface area contributed by atoms with Crippen LogP contribution in [0.1, 0.15) is 38.8 Å². The number of benzene rings is 1. The second kappa shape index (κ2) is 5.65. The van der Waals surface area contributed by atoms with E-state index in [2.05, 4.69) is 49.9 Å². The zero-order chi connectivity index (χ0) is 13.1. The quantitative estimate of drug-likeness (QED) is 0.867. The molecule has 1 N–H and O–H groups in total. The molecule has 0 radical (unpaired) electrons. The van der Waals surface area contributed by atoms with Crippen molar-refractivity contribution in [1.82, 2.24) is 4.90 Å². The van der Waals surface area contributed by atoms with E-state index in [1.165, 1.54) is 11.1 Å². The summed E-state index contributed by atoms with van der Waals surface area (Å²) in [6.07, 6.45) is 0. The zero-order valence-electron chi connectivity index (χ0n) is 11.7. The fraction of sp³-hybridized carbons (Fsp3) is 0.600. The molecule has 1 rings (SSSR count). The molecule has 0 amide bonds. The Bertz CT molecular complexity index is 337. The van der Waals surface area contributed by atoms with Crippen molar-refractivity contribution in [2.75, 3.05) is 13.7 Å². The summed E-state index contributed by atoms with van der Waals surface area (Å²) >= 11 is 0. The lowest BCUT2D eigenvalue weighted by molar-refractivity contribution is 0.154. The van der Waals surface area contributed by atoms with Gasteiger partial charge in [0.15, 0.2) is 0 Å². The Morgan fingerprint density at radius 3 is 2.12 bits per heavy atom. The third kappa shape index (κ3) is 4.14. The number of aliphatic hydroxyl groups excluding tert-OH is 1. The Balaban J connectivity index is 2.69. The minimum Gasteiger partial charge on any atom is -0.395 e. The third-order valence-electron chi connectivity index (χ3n) is 3.27. The summed E-state index contributed by atoms with van der Waals surface area (Å²) in [4.78, 5) is 2.16. The molecular formula is C15H25NO. The summed E-state index contributed by atoms with van der Waals surface area (Å²) in [5.41, 5.74) is 2.86. The van der Waals surface area contributed by atoms with Crippen LogP contribution in [0, 0.1) is 0 Å². The van der Waals surface area contributed by atoms with Gasteiger partial charge in [0, 0.05) is 12.6 Å². The molecule has 1 atom stereocenters. The smallest absolute Gasteiger partial charge is 0.0584 e. The van der Waals surface area contributed by atoms with Gasteiger partial charge in [0.05, 0.1) is 6.61 Å². The van der Waals surface area contributed by atoms with Crippen LogP contribution >= 0.6 is 0 Å². The van der Waals surface area contributed by atoms with E-state index < -0.39 is 0 Å². The van der Waals surface area contributed by atoms with E-state index in [9.17, 15) is 0 Å². The van der Waals surface area contributed by atoms with Gasteiger partial charge in [0.1, 0.15) is 0 Å². The minimum atomic E-state index is 0.205. The first kappa shape index (κ1) is 14.2. The summed E-state index contributed by atoms with van der Waals surface area (Å²) in [7, 11) is 2.04. The van der Waals surface area contributed by atoms with Gasteiger partial charge < -0.3 is 5.11 Å². The van der Waals surface area contributed by atoms with E-state index >= 15 is 0 Å². The molecule has 1 unspecified atom stereocenters. The summed E-state index contributed by atoms with van der Waals surface area (Å²) in [6, 6.07) is 8.97. The molecule has 96 valence electrons. The van der Waals surface area contributed by atoms with Crippen LogP contribution in [0.4, 0.5) is 0 Å². The SMILES string of the molecule is CC(CO)N(C)Cc1ccc(C(C)(C)C)cc1. The molecule has 0 spiro atoms. The summed E-state index contributed by atoms with van der Waals surface area (Å²) < 4.78 is 0. The highest BCUT2D eigenvalue weighted by molar-refractivity contribution is 5.27. The zero-order valence-corrected chi connectivity index (χ0v) is 11.7. The average molecular weight is 235 g/mol.